The van der Waals surface area contributed by atoms with Crippen LogP contribution in [0.1, 0.15) is 94.7 Å². The number of aromatic nitrogens is 2. The van der Waals surface area contributed by atoms with Crippen molar-refractivity contribution in [2.45, 2.75) is 113 Å². The first-order chi connectivity index (χ1) is 23.2. The molecule has 4 unspecified atom stereocenters. The van der Waals surface area contributed by atoms with Crippen molar-refractivity contribution < 1.29 is 13.2 Å². The van der Waals surface area contributed by atoms with Crippen LogP contribution in [0.4, 0.5) is 24.8 Å². The number of allylic oxidation sites excluding steroid dienone is 2. The summed E-state index contributed by atoms with van der Waals surface area (Å²) in [5, 5.41) is 3.30. The Hall–Kier alpha value is -2.24. The number of benzene rings is 1. The van der Waals surface area contributed by atoms with E-state index >= 15 is 13.2 Å². The van der Waals surface area contributed by atoms with Crippen LogP contribution in [0.15, 0.2) is 42.8 Å². The van der Waals surface area contributed by atoms with Crippen molar-refractivity contribution >= 4 is 54.5 Å². The number of halogens is 3. The lowest BCUT2D eigenvalue weighted by Crippen LogP contribution is -2.68. The second-order valence-electron chi connectivity index (χ2n) is 15.2. The third-order valence-electron chi connectivity index (χ3n) is 11.7. The first kappa shape index (κ1) is 36.6. The number of fused-ring (bicyclic) bond motifs is 8. The van der Waals surface area contributed by atoms with Gasteiger partial charge in [-0.2, -0.15) is 23.1 Å². The van der Waals surface area contributed by atoms with Gasteiger partial charge in [0.2, 0.25) is 0 Å². The lowest BCUT2D eigenvalue weighted by atomic mass is 9.69. The number of thiol groups is 1. The Bertz CT molecular complexity index is 1570. The van der Waals surface area contributed by atoms with Gasteiger partial charge in [-0.05, 0) is 86.4 Å². The molecule has 2 radical (unpaired) electrons. The van der Waals surface area contributed by atoms with E-state index in [1.54, 1.807) is 6.07 Å². The molecule has 11 heteroatoms. The zero-order valence-corrected chi connectivity index (χ0v) is 30.9. The summed E-state index contributed by atoms with van der Waals surface area (Å²) in [6, 6.07) is 4.42. The minimum Gasteiger partial charge on any atom is -0.365 e. The average Bonchev–Trinajstić information content (AvgIpc) is 3.06. The number of anilines is 2. The molecular formula is C38H51BF3N5S2. The number of rotatable bonds is 3. The Morgan fingerprint density at radius 3 is 2.47 bits per heavy atom. The van der Waals surface area contributed by atoms with Crippen molar-refractivity contribution in [1.29, 1.82) is 0 Å². The zero-order chi connectivity index (χ0) is 35.1. The van der Waals surface area contributed by atoms with Gasteiger partial charge in [0.25, 0.3) is 5.92 Å². The van der Waals surface area contributed by atoms with Crippen LogP contribution in [0.2, 0.25) is 0 Å². The molecule has 1 N–H and O–H groups in total. The SMILES string of the molecule is [B]C1(C)CCCCCC(C)(S)N2C3CC2CC(C3)C(F)(F)c2cccc(c2F)CNc2ncnc(c2/C=C(\C=C)C2CCS(=C)CC2)N1C. The van der Waals surface area contributed by atoms with E-state index in [2.05, 4.69) is 40.6 Å². The highest BCUT2D eigenvalue weighted by atomic mass is 32.2. The van der Waals surface area contributed by atoms with Crippen LogP contribution in [0.5, 0.6) is 0 Å². The van der Waals surface area contributed by atoms with Gasteiger partial charge in [0.15, 0.2) is 0 Å². The highest BCUT2D eigenvalue weighted by Gasteiger charge is 2.57. The summed E-state index contributed by atoms with van der Waals surface area (Å²) >= 11 is 5.08. The van der Waals surface area contributed by atoms with Crippen molar-refractivity contribution in [1.82, 2.24) is 14.9 Å². The summed E-state index contributed by atoms with van der Waals surface area (Å²) < 4.78 is 48.6. The number of nitrogens with one attached hydrogen (secondary N) is 1. The van der Waals surface area contributed by atoms with E-state index in [9.17, 15) is 0 Å². The van der Waals surface area contributed by atoms with E-state index in [-0.39, 0.29) is 39.5 Å². The molecule has 4 atom stereocenters. The molecular weight excluding hydrogens is 658 g/mol. The van der Waals surface area contributed by atoms with Crippen LogP contribution in [-0.4, -0.2) is 69.5 Å². The van der Waals surface area contributed by atoms with Gasteiger partial charge in [0.1, 0.15) is 31.6 Å². The average molecular weight is 710 g/mol. The van der Waals surface area contributed by atoms with E-state index in [1.807, 2.05) is 24.9 Å². The number of alkyl halides is 2. The van der Waals surface area contributed by atoms with Gasteiger partial charge >= 0.3 is 0 Å². The Morgan fingerprint density at radius 2 is 1.78 bits per heavy atom. The molecule has 1 aromatic carbocycles. The van der Waals surface area contributed by atoms with Crippen molar-refractivity contribution in [3.63, 3.8) is 0 Å². The molecule has 5 aliphatic heterocycles. The molecule has 4 fully saturated rings. The maximum atomic E-state index is 16.2. The topological polar surface area (TPSA) is 44.3 Å². The fraction of sp³-hybridized carbons (Fsp3) is 0.605. The fourth-order valence-corrected chi connectivity index (χ4v) is 10.5. The summed E-state index contributed by atoms with van der Waals surface area (Å²) in [7, 11) is 9.16. The van der Waals surface area contributed by atoms with Gasteiger partial charge in [-0.25, -0.2) is 23.1 Å². The summed E-state index contributed by atoms with van der Waals surface area (Å²) in [5.41, 5.74) is 0.731. The molecule has 49 heavy (non-hydrogen) atoms. The van der Waals surface area contributed by atoms with E-state index in [1.165, 1.54) is 18.5 Å². The van der Waals surface area contributed by atoms with E-state index < -0.39 is 28.7 Å². The molecule has 2 aromatic rings. The molecule has 0 spiro atoms. The molecule has 8 bridgehead atoms. The highest BCUT2D eigenvalue weighted by Crippen LogP contribution is 2.54. The quantitative estimate of drug-likeness (QED) is 0.145. The van der Waals surface area contributed by atoms with Gasteiger partial charge in [-0.15, -0.1) is 0 Å². The second kappa shape index (κ2) is 14.4. The molecule has 1 saturated carbocycles. The van der Waals surface area contributed by atoms with E-state index in [0.717, 1.165) is 74.0 Å². The lowest BCUT2D eigenvalue weighted by Gasteiger charge is -2.61. The van der Waals surface area contributed by atoms with Crippen LogP contribution >= 0.6 is 23.1 Å². The summed E-state index contributed by atoms with van der Waals surface area (Å²) in [6.07, 6.45) is 13.5. The molecule has 264 valence electrons. The molecule has 6 aliphatic rings. The Labute approximate surface area is 300 Å². The predicted octanol–water partition coefficient (Wildman–Crippen LogP) is 8.78. The molecule has 0 amide bonds. The van der Waals surface area contributed by atoms with Crippen molar-refractivity contribution in [2.75, 3.05) is 28.8 Å². The molecule has 1 aromatic heterocycles. The standard InChI is InChI=1S/C38H51BF3N5S2/c1-6-25(26-13-17-49(5)18-14-26)19-31-34-43-23-27-11-10-12-32(33(27)40)38(41,42)28-20-29-22-30(21-28)47(29)37(3,48)16-9-7-8-15-36(2,39)46(4)35(31)45-24-44-34/h6,10-12,19,24,26,28-30,48H,1,5,7-9,13-18,20-23H2,2-4H3,(H,43,44,45)/b25-19+. The smallest absolute Gasteiger partial charge is 0.278 e. The maximum Gasteiger partial charge on any atom is 0.278 e. The normalized spacial score (nSPS) is 35.4. The van der Waals surface area contributed by atoms with E-state index in [4.69, 9.17) is 25.5 Å². The largest absolute Gasteiger partial charge is 0.365 e. The van der Waals surface area contributed by atoms with Gasteiger partial charge in [0.05, 0.1) is 16.0 Å². The second-order valence-corrected chi connectivity index (χ2v) is 18.2. The zero-order valence-electron chi connectivity index (χ0n) is 29.2. The lowest BCUT2D eigenvalue weighted by molar-refractivity contribution is -0.161. The first-order valence-corrected chi connectivity index (χ1v) is 20.0. The highest BCUT2D eigenvalue weighted by molar-refractivity contribution is 8.14. The van der Waals surface area contributed by atoms with Gasteiger partial charge in [0, 0.05) is 37.2 Å². The minimum atomic E-state index is -3.29. The summed E-state index contributed by atoms with van der Waals surface area (Å²) in [5.74, 6) is 2.83. The maximum absolute atomic E-state index is 16.2. The monoisotopic (exact) mass is 709 g/mol. The van der Waals surface area contributed by atoms with Crippen LogP contribution in [0, 0.1) is 17.7 Å². The predicted molar refractivity (Wildman–Crippen MR) is 205 cm³/mol. The summed E-state index contributed by atoms with van der Waals surface area (Å²) in [4.78, 5) is 13.3. The molecule has 6 heterocycles. The first-order valence-electron chi connectivity index (χ1n) is 17.8. The molecule has 3 saturated heterocycles. The number of piperidine rings is 1. The third kappa shape index (κ3) is 7.41. The third-order valence-corrected chi connectivity index (χ3v) is 13.8. The van der Waals surface area contributed by atoms with Crippen LogP contribution in [-0.2, 0) is 12.5 Å². The Balaban J connectivity index is 1.39. The number of nitrogens with zero attached hydrogens (tertiary/aromatic N) is 4. The van der Waals surface area contributed by atoms with E-state index in [0.29, 0.717) is 30.4 Å². The van der Waals surface area contributed by atoms with Gasteiger partial charge in [-0.1, -0.05) is 62.9 Å². The Morgan fingerprint density at radius 1 is 1.08 bits per heavy atom. The fourth-order valence-electron chi connectivity index (χ4n) is 8.62. The van der Waals surface area contributed by atoms with Gasteiger partial charge < -0.3 is 10.2 Å². The van der Waals surface area contributed by atoms with Crippen molar-refractivity contribution in [2.24, 2.45) is 11.8 Å². The number of hydrogen-bond donors (Lipinski definition) is 2. The minimum absolute atomic E-state index is 0.0183. The molecule has 8 rings (SSSR count). The van der Waals surface area contributed by atoms with Crippen LogP contribution < -0.4 is 10.2 Å². The molecule has 5 nitrogen and oxygen atoms in total. The van der Waals surface area contributed by atoms with Gasteiger partial charge in [-0.3, -0.25) is 4.90 Å². The Kier molecular flexibility index (Phi) is 10.8. The van der Waals surface area contributed by atoms with Crippen LogP contribution in [0.25, 0.3) is 6.08 Å². The van der Waals surface area contributed by atoms with Crippen LogP contribution in [0.3, 0.4) is 0 Å². The van der Waals surface area contributed by atoms with Crippen molar-refractivity contribution in [3.8, 4) is 0 Å². The summed E-state index contributed by atoms with van der Waals surface area (Å²) in [6.45, 7) is 8.27. The number of hydrogen-bond acceptors (Lipinski definition) is 6. The molecule has 1 aliphatic carbocycles. The van der Waals surface area contributed by atoms with Crippen molar-refractivity contribution in [3.05, 3.63) is 65.3 Å².